The number of fused-ring (bicyclic) bond motifs is 2. The SMILES string of the molecule is O=CC(c1ccc2ccccc2c1)c1cccc2ccccc12. The molecule has 0 aromatic heterocycles. The molecule has 0 amide bonds. The summed E-state index contributed by atoms with van der Waals surface area (Å²) in [6, 6.07) is 28.9. The molecule has 4 rings (SSSR count). The molecule has 0 aliphatic heterocycles. The molecular formula is C22H16O. The Morgan fingerprint density at radius 2 is 1.35 bits per heavy atom. The summed E-state index contributed by atoms with van der Waals surface area (Å²) in [5, 5.41) is 4.66. The highest BCUT2D eigenvalue weighted by molar-refractivity contribution is 5.91. The van der Waals surface area contributed by atoms with Crippen LogP contribution in [0.15, 0.2) is 84.9 Å². The van der Waals surface area contributed by atoms with E-state index in [4.69, 9.17) is 0 Å². The first-order valence-electron chi connectivity index (χ1n) is 7.78. The molecule has 0 heterocycles. The normalized spacial score (nSPS) is 12.3. The molecule has 1 nitrogen and oxygen atoms in total. The van der Waals surface area contributed by atoms with Crippen molar-refractivity contribution >= 4 is 27.8 Å². The van der Waals surface area contributed by atoms with Crippen molar-refractivity contribution in [3.8, 4) is 0 Å². The number of hydrogen-bond acceptors (Lipinski definition) is 1. The van der Waals surface area contributed by atoms with Crippen LogP contribution in [0, 0.1) is 0 Å². The molecule has 1 atom stereocenters. The van der Waals surface area contributed by atoms with Gasteiger partial charge in [0.15, 0.2) is 0 Å². The maximum absolute atomic E-state index is 11.9. The second-order valence-corrected chi connectivity index (χ2v) is 5.79. The lowest BCUT2D eigenvalue weighted by atomic mass is 9.88. The van der Waals surface area contributed by atoms with Gasteiger partial charge in [0.05, 0.1) is 5.92 Å². The lowest BCUT2D eigenvalue weighted by Crippen LogP contribution is -2.03. The Morgan fingerprint density at radius 1 is 0.652 bits per heavy atom. The largest absolute Gasteiger partial charge is 0.302 e. The predicted molar refractivity (Wildman–Crippen MR) is 95.8 cm³/mol. The topological polar surface area (TPSA) is 17.1 Å². The Hall–Kier alpha value is -2.93. The molecule has 0 spiro atoms. The van der Waals surface area contributed by atoms with E-state index in [0.29, 0.717) is 0 Å². The molecule has 0 bridgehead atoms. The number of aldehydes is 1. The van der Waals surface area contributed by atoms with Gasteiger partial charge in [-0.15, -0.1) is 0 Å². The van der Waals surface area contributed by atoms with E-state index >= 15 is 0 Å². The molecule has 1 heteroatoms. The summed E-state index contributed by atoms with van der Waals surface area (Å²) >= 11 is 0. The van der Waals surface area contributed by atoms with Crippen molar-refractivity contribution in [2.24, 2.45) is 0 Å². The van der Waals surface area contributed by atoms with Crippen molar-refractivity contribution in [3.05, 3.63) is 96.1 Å². The quantitative estimate of drug-likeness (QED) is 0.467. The van der Waals surface area contributed by atoms with Gasteiger partial charge in [0.25, 0.3) is 0 Å². The average Bonchev–Trinajstić information content (AvgIpc) is 2.62. The zero-order valence-corrected chi connectivity index (χ0v) is 12.6. The summed E-state index contributed by atoms with van der Waals surface area (Å²) < 4.78 is 0. The van der Waals surface area contributed by atoms with Gasteiger partial charge < -0.3 is 4.79 Å². The van der Waals surface area contributed by atoms with E-state index in [1.54, 1.807) is 0 Å². The molecule has 4 aromatic carbocycles. The van der Waals surface area contributed by atoms with Gasteiger partial charge in [0.2, 0.25) is 0 Å². The fourth-order valence-corrected chi connectivity index (χ4v) is 3.25. The molecule has 0 saturated heterocycles. The van der Waals surface area contributed by atoms with Gasteiger partial charge in [-0.3, -0.25) is 0 Å². The zero-order valence-electron chi connectivity index (χ0n) is 12.6. The van der Waals surface area contributed by atoms with E-state index in [1.165, 1.54) is 5.39 Å². The number of carbonyl (C=O) groups excluding carboxylic acids is 1. The van der Waals surface area contributed by atoms with E-state index in [1.807, 2.05) is 30.3 Å². The Morgan fingerprint density at radius 3 is 2.17 bits per heavy atom. The first kappa shape index (κ1) is 13.7. The number of carbonyl (C=O) groups is 1. The van der Waals surface area contributed by atoms with Crippen LogP contribution in [0.4, 0.5) is 0 Å². The van der Waals surface area contributed by atoms with Crippen molar-refractivity contribution in [2.75, 3.05) is 0 Å². The van der Waals surface area contributed by atoms with Gasteiger partial charge in [-0.05, 0) is 32.7 Å². The van der Waals surface area contributed by atoms with Crippen LogP contribution in [0.25, 0.3) is 21.5 Å². The second-order valence-electron chi connectivity index (χ2n) is 5.79. The summed E-state index contributed by atoms with van der Waals surface area (Å²) in [4.78, 5) is 11.9. The summed E-state index contributed by atoms with van der Waals surface area (Å²) in [7, 11) is 0. The maximum atomic E-state index is 11.9. The van der Waals surface area contributed by atoms with Crippen molar-refractivity contribution in [3.63, 3.8) is 0 Å². The van der Waals surface area contributed by atoms with E-state index in [2.05, 4.69) is 54.6 Å². The van der Waals surface area contributed by atoms with E-state index in [0.717, 1.165) is 33.6 Å². The third kappa shape index (κ3) is 2.40. The van der Waals surface area contributed by atoms with Gasteiger partial charge in [-0.1, -0.05) is 84.9 Å². The van der Waals surface area contributed by atoms with Gasteiger partial charge in [0, 0.05) is 0 Å². The van der Waals surface area contributed by atoms with E-state index < -0.39 is 0 Å². The Labute approximate surface area is 135 Å². The van der Waals surface area contributed by atoms with Crippen molar-refractivity contribution < 1.29 is 4.79 Å². The van der Waals surface area contributed by atoms with Crippen molar-refractivity contribution in [1.29, 1.82) is 0 Å². The lowest BCUT2D eigenvalue weighted by molar-refractivity contribution is -0.108. The van der Waals surface area contributed by atoms with E-state index in [9.17, 15) is 4.79 Å². The smallest absolute Gasteiger partial charge is 0.131 e. The second kappa shape index (κ2) is 5.69. The van der Waals surface area contributed by atoms with Gasteiger partial charge in [0.1, 0.15) is 6.29 Å². The third-order valence-electron chi connectivity index (χ3n) is 4.43. The van der Waals surface area contributed by atoms with Gasteiger partial charge >= 0.3 is 0 Å². The van der Waals surface area contributed by atoms with Crippen LogP contribution < -0.4 is 0 Å². The highest BCUT2D eigenvalue weighted by Gasteiger charge is 2.16. The monoisotopic (exact) mass is 296 g/mol. The zero-order chi connectivity index (χ0) is 15.6. The van der Waals surface area contributed by atoms with Gasteiger partial charge in [-0.2, -0.15) is 0 Å². The van der Waals surface area contributed by atoms with Crippen LogP contribution in [0.5, 0.6) is 0 Å². The van der Waals surface area contributed by atoms with Crippen LogP contribution >= 0.6 is 0 Å². The summed E-state index contributed by atoms with van der Waals surface area (Å²) in [6.07, 6.45) is 1.05. The van der Waals surface area contributed by atoms with Gasteiger partial charge in [-0.25, -0.2) is 0 Å². The van der Waals surface area contributed by atoms with Crippen LogP contribution in [-0.4, -0.2) is 6.29 Å². The molecule has 1 unspecified atom stereocenters. The molecule has 0 aliphatic rings. The van der Waals surface area contributed by atoms with Crippen LogP contribution in [0.2, 0.25) is 0 Å². The van der Waals surface area contributed by atoms with Crippen molar-refractivity contribution in [1.82, 2.24) is 0 Å². The highest BCUT2D eigenvalue weighted by atomic mass is 16.1. The fraction of sp³-hybridized carbons (Fsp3) is 0.0455. The molecule has 0 aliphatic carbocycles. The minimum atomic E-state index is -0.245. The first-order valence-corrected chi connectivity index (χ1v) is 7.78. The number of rotatable bonds is 3. The Kier molecular flexibility index (Phi) is 3.39. The number of hydrogen-bond donors (Lipinski definition) is 0. The summed E-state index contributed by atoms with van der Waals surface area (Å²) in [6.45, 7) is 0. The summed E-state index contributed by atoms with van der Waals surface area (Å²) in [5.41, 5.74) is 2.10. The highest BCUT2D eigenvalue weighted by Crippen LogP contribution is 2.31. The number of benzene rings is 4. The summed E-state index contributed by atoms with van der Waals surface area (Å²) in [5.74, 6) is -0.245. The Bertz CT molecular complexity index is 995. The third-order valence-corrected chi connectivity index (χ3v) is 4.43. The molecule has 110 valence electrons. The predicted octanol–water partition coefficient (Wildman–Crippen LogP) is 5.32. The van der Waals surface area contributed by atoms with Crippen LogP contribution in [0.1, 0.15) is 17.0 Å². The maximum Gasteiger partial charge on any atom is 0.131 e. The minimum Gasteiger partial charge on any atom is -0.302 e. The lowest BCUT2D eigenvalue weighted by Gasteiger charge is -2.15. The minimum absolute atomic E-state index is 0.245. The Balaban J connectivity index is 1.91. The molecule has 0 radical (unpaired) electrons. The van der Waals surface area contributed by atoms with Crippen molar-refractivity contribution in [2.45, 2.75) is 5.92 Å². The van der Waals surface area contributed by atoms with Crippen LogP contribution in [-0.2, 0) is 4.79 Å². The molecular weight excluding hydrogens is 280 g/mol. The fourth-order valence-electron chi connectivity index (χ4n) is 3.25. The van der Waals surface area contributed by atoms with Crippen LogP contribution in [0.3, 0.4) is 0 Å². The molecule has 0 saturated carbocycles. The van der Waals surface area contributed by atoms with E-state index in [-0.39, 0.29) is 5.92 Å². The molecule has 23 heavy (non-hydrogen) atoms. The molecule has 4 aromatic rings. The molecule has 0 fully saturated rings. The first-order chi connectivity index (χ1) is 11.4. The molecule has 0 N–H and O–H groups in total. The average molecular weight is 296 g/mol. The standard InChI is InChI=1S/C22H16O/c23-15-22(19-13-12-16-6-1-2-8-18(16)14-19)21-11-5-9-17-7-3-4-10-20(17)21/h1-15,22H.